The van der Waals surface area contributed by atoms with Crippen molar-refractivity contribution in [1.82, 2.24) is 10.2 Å². The van der Waals surface area contributed by atoms with Crippen LogP contribution in [0.4, 0.5) is 4.79 Å². The average molecular weight is 328 g/mol. The Balaban J connectivity index is 2.62. The molecule has 0 saturated carbocycles. The minimum absolute atomic E-state index is 0.0748. The van der Waals surface area contributed by atoms with Crippen LogP contribution in [0, 0.1) is 5.92 Å². The molecule has 5 nitrogen and oxygen atoms in total. The van der Waals surface area contributed by atoms with Gasteiger partial charge in [-0.3, -0.25) is 0 Å². The molecule has 1 fully saturated rings. The van der Waals surface area contributed by atoms with Crippen LogP contribution in [0.3, 0.4) is 0 Å². The normalized spacial score (nSPS) is 22.1. The zero-order valence-corrected chi connectivity index (χ0v) is 16.0. The van der Waals surface area contributed by atoms with Crippen molar-refractivity contribution >= 4 is 6.09 Å². The van der Waals surface area contributed by atoms with Crippen molar-refractivity contribution in [3.63, 3.8) is 0 Å². The van der Waals surface area contributed by atoms with Gasteiger partial charge in [0.05, 0.1) is 19.3 Å². The fraction of sp³-hybridized carbons (Fsp3) is 0.944. The molecule has 0 spiro atoms. The van der Waals surface area contributed by atoms with E-state index in [-0.39, 0.29) is 12.1 Å². The summed E-state index contributed by atoms with van der Waals surface area (Å²) in [5, 5.41) is 3.69. The van der Waals surface area contributed by atoms with E-state index in [1.807, 2.05) is 25.7 Å². The molecule has 3 unspecified atom stereocenters. The lowest BCUT2D eigenvalue weighted by atomic mass is 9.99. The highest BCUT2D eigenvalue weighted by Crippen LogP contribution is 2.18. The molecule has 1 saturated heterocycles. The maximum Gasteiger partial charge on any atom is 0.410 e. The van der Waals surface area contributed by atoms with Gasteiger partial charge in [-0.1, -0.05) is 20.8 Å². The number of nitrogens with one attached hydrogen (secondary N) is 1. The van der Waals surface area contributed by atoms with Crippen LogP contribution >= 0.6 is 0 Å². The molecule has 23 heavy (non-hydrogen) atoms. The summed E-state index contributed by atoms with van der Waals surface area (Å²) < 4.78 is 11.1. The number of nitrogens with zero attached hydrogens (tertiary/aromatic N) is 1. The van der Waals surface area contributed by atoms with Crippen LogP contribution in [0.25, 0.3) is 0 Å². The van der Waals surface area contributed by atoms with Crippen molar-refractivity contribution < 1.29 is 14.3 Å². The molecule has 0 bridgehead atoms. The summed E-state index contributed by atoms with van der Waals surface area (Å²) in [6.07, 6.45) is 1.76. The highest BCUT2D eigenvalue weighted by molar-refractivity contribution is 5.68. The summed E-state index contributed by atoms with van der Waals surface area (Å²) in [7, 11) is 0. The van der Waals surface area contributed by atoms with Crippen molar-refractivity contribution in [1.29, 1.82) is 0 Å². The lowest BCUT2D eigenvalue weighted by Crippen LogP contribution is -2.53. The third kappa shape index (κ3) is 7.08. The smallest absolute Gasteiger partial charge is 0.410 e. The first kappa shape index (κ1) is 20.2. The van der Waals surface area contributed by atoms with Gasteiger partial charge in [0.25, 0.3) is 0 Å². The van der Waals surface area contributed by atoms with E-state index in [0.29, 0.717) is 37.8 Å². The highest BCUT2D eigenvalue weighted by atomic mass is 16.6. The Morgan fingerprint density at radius 2 is 2.00 bits per heavy atom. The Bertz CT molecular complexity index is 366. The molecule has 0 aliphatic carbocycles. The van der Waals surface area contributed by atoms with Gasteiger partial charge in [-0.2, -0.15) is 0 Å². The molecule has 1 amide bonds. The van der Waals surface area contributed by atoms with E-state index in [0.717, 1.165) is 12.8 Å². The van der Waals surface area contributed by atoms with Crippen LogP contribution in [0.2, 0.25) is 0 Å². The van der Waals surface area contributed by atoms with Crippen LogP contribution in [0.5, 0.6) is 0 Å². The van der Waals surface area contributed by atoms with Gasteiger partial charge in [-0.15, -0.1) is 0 Å². The Kier molecular flexibility index (Phi) is 7.81. The number of carbonyl (C=O) groups is 1. The molecule has 1 aliphatic rings. The Hall–Kier alpha value is -0.810. The molecule has 1 N–H and O–H groups in total. The lowest BCUT2D eigenvalue weighted by molar-refractivity contribution is -0.0358. The summed E-state index contributed by atoms with van der Waals surface area (Å²) >= 11 is 0. The second-order valence-electron chi connectivity index (χ2n) is 7.96. The van der Waals surface area contributed by atoms with E-state index >= 15 is 0 Å². The highest BCUT2D eigenvalue weighted by Gasteiger charge is 2.32. The van der Waals surface area contributed by atoms with Gasteiger partial charge in [0.1, 0.15) is 5.60 Å². The minimum Gasteiger partial charge on any atom is -0.444 e. The molecular formula is C18H36N2O3. The van der Waals surface area contributed by atoms with Gasteiger partial charge < -0.3 is 19.7 Å². The van der Waals surface area contributed by atoms with E-state index in [4.69, 9.17) is 9.47 Å². The van der Waals surface area contributed by atoms with Gasteiger partial charge in [-0.05, 0) is 46.5 Å². The summed E-state index contributed by atoms with van der Waals surface area (Å²) in [5.74, 6) is 0.604. The molecule has 5 heteroatoms. The number of hydrogen-bond donors (Lipinski definition) is 1. The first-order valence-corrected chi connectivity index (χ1v) is 8.97. The van der Waals surface area contributed by atoms with Crippen LogP contribution in [0.1, 0.15) is 61.3 Å². The van der Waals surface area contributed by atoms with Gasteiger partial charge in [-0.25, -0.2) is 4.79 Å². The largest absolute Gasteiger partial charge is 0.444 e. The Morgan fingerprint density at radius 1 is 1.35 bits per heavy atom. The Labute approximate surface area is 142 Å². The van der Waals surface area contributed by atoms with Crippen LogP contribution in [-0.2, 0) is 9.47 Å². The lowest BCUT2D eigenvalue weighted by Gasteiger charge is -2.38. The molecular weight excluding hydrogens is 292 g/mol. The fourth-order valence-corrected chi connectivity index (χ4v) is 3.03. The van der Waals surface area contributed by atoms with Gasteiger partial charge >= 0.3 is 6.09 Å². The average Bonchev–Trinajstić information content (AvgIpc) is 2.43. The van der Waals surface area contributed by atoms with E-state index in [2.05, 4.69) is 33.0 Å². The van der Waals surface area contributed by atoms with Crippen molar-refractivity contribution in [2.45, 2.75) is 85.0 Å². The minimum atomic E-state index is -0.464. The number of ether oxygens (including phenoxy) is 2. The van der Waals surface area contributed by atoms with E-state index in [9.17, 15) is 4.79 Å². The first-order valence-electron chi connectivity index (χ1n) is 8.97. The molecule has 0 aromatic carbocycles. The van der Waals surface area contributed by atoms with Crippen molar-refractivity contribution in [3.8, 4) is 0 Å². The van der Waals surface area contributed by atoms with Crippen molar-refractivity contribution in [2.24, 2.45) is 5.92 Å². The maximum absolute atomic E-state index is 12.4. The van der Waals surface area contributed by atoms with Crippen molar-refractivity contribution in [3.05, 3.63) is 0 Å². The monoisotopic (exact) mass is 328 g/mol. The summed E-state index contributed by atoms with van der Waals surface area (Å²) in [6, 6.07) is 0.911. The first-order chi connectivity index (χ1) is 10.6. The molecule has 1 heterocycles. The zero-order chi connectivity index (χ0) is 17.6. The molecule has 0 aromatic rings. The van der Waals surface area contributed by atoms with Gasteiger partial charge in [0, 0.05) is 18.6 Å². The zero-order valence-electron chi connectivity index (χ0n) is 16.0. The predicted molar refractivity (Wildman–Crippen MR) is 93.7 cm³/mol. The molecule has 0 radical (unpaired) electrons. The summed E-state index contributed by atoms with van der Waals surface area (Å²) in [5.41, 5.74) is -0.464. The maximum atomic E-state index is 12.4. The molecule has 1 rings (SSSR count). The number of carbonyl (C=O) groups excluding carboxylic acids is 1. The SMILES string of the molecule is CCC(NC(C)CC1COCCN1C(=O)OC(C)(C)C)C(C)C. The van der Waals surface area contributed by atoms with E-state index in [1.165, 1.54) is 0 Å². The van der Waals surface area contributed by atoms with E-state index in [1.54, 1.807) is 0 Å². The Morgan fingerprint density at radius 3 is 2.52 bits per heavy atom. The van der Waals surface area contributed by atoms with Crippen LogP contribution in [0.15, 0.2) is 0 Å². The standard InChI is InChI=1S/C18H36N2O3/c1-8-16(13(2)3)19-14(4)11-15-12-22-10-9-20(15)17(21)23-18(5,6)7/h13-16,19H,8-12H2,1-7H3. The number of morpholine rings is 1. The third-order valence-corrected chi connectivity index (χ3v) is 4.22. The predicted octanol–water partition coefficient (Wildman–Crippen LogP) is 3.43. The number of amides is 1. The van der Waals surface area contributed by atoms with Crippen LogP contribution < -0.4 is 5.32 Å². The molecule has 1 aliphatic heterocycles. The topological polar surface area (TPSA) is 50.8 Å². The van der Waals surface area contributed by atoms with E-state index < -0.39 is 5.60 Å². The fourth-order valence-electron chi connectivity index (χ4n) is 3.03. The third-order valence-electron chi connectivity index (χ3n) is 4.22. The summed E-state index contributed by atoms with van der Waals surface area (Å²) in [4.78, 5) is 14.3. The number of rotatable bonds is 6. The van der Waals surface area contributed by atoms with Gasteiger partial charge in [0.2, 0.25) is 0 Å². The van der Waals surface area contributed by atoms with Crippen molar-refractivity contribution in [2.75, 3.05) is 19.8 Å². The molecule has 3 atom stereocenters. The quantitative estimate of drug-likeness (QED) is 0.811. The number of hydrogen-bond acceptors (Lipinski definition) is 4. The van der Waals surface area contributed by atoms with Gasteiger partial charge in [0.15, 0.2) is 0 Å². The second kappa shape index (κ2) is 8.88. The second-order valence-corrected chi connectivity index (χ2v) is 7.96. The van der Waals surface area contributed by atoms with Crippen LogP contribution in [-0.4, -0.2) is 54.5 Å². The molecule has 136 valence electrons. The molecule has 0 aromatic heterocycles. The summed E-state index contributed by atoms with van der Waals surface area (Å²) in [6.45, 7) is 16.4.